The van der Waals surface area contributed by atoms with Crippen molar-refractivity contribution >= 4 is 0 Å². The Kier molecular flexibility index (Phi) is 5.88. The molecule has 2 aliphatic heterocycles. The molecule has 2 saturated heterocycles. The van der Waals surface area contributed by atoms with Gasteiger partial charge in [0.05, 0.1) is 25.4 Å². The SMILES string of the molecule is OC[C@H]1O[C@H](O[C@H]2[C@H](O)CC(O)O[C@@H]2CO)C[C@@H](O)[C@H]1O. The van der Waals surface area contributed by atoms with Gasteiger partial charge in [0.15, 0.2) is 12.6 Å². The lowest BCUT2D eigenvalue weighted by Gasteiger charge is -2.42. The molecule has 6 N–H and O–H groups in total. The van der Waals surface area contributed by atoms with Crippen LogP contribution in [0.15, 0.2) is 0 Å². The van der Waals surface area contributed by atoms with E-state index in [0.717, 1.165) is 0 Å². The molecule has 0 bridgehead atoms. The fraction of sp³-hybridized carbons (Fsp3) is 1.00. The van der Waals surface area contributed by atoms with E-state index in [1.807, 2.05) is 0 Å². The first kappa shape index (κ1) is 17.0. The first-order valence-electron chi connectivity index (χ1n) is 6.86. The van der Waals surface area contributed by atoms with E-state index in [4.69, 9.17) is 19.3 Å². The van der Waals surface area contributed by atoms with E-state index in [1.54, 1.807) is 0 Å². The topological polar surface area (TPSA) is 149 Å². The van der Waals surface area contributed by atoms with Gasteiger partial charge in [-0.25, -0.2) is 0 Å². The Labute approximate surface area is 121 Å². The summed E-state index contributed by atoms with van der Waals surface area (Å²) in [6.07, 6.45) is -8.64. The third kappa shape index (κ3) is 3.89. The summed E-state index contributed by atoms with van der Waals surface area (Å²) >= 11 is 0. The molecule has 2 aliphatic rings. The van der Waals surface area contributed by atoms with E-state index in [9.17, 15) is 25.5 Å². The molecule has 2 rings (SSSR count). The normalized spacial score (nSPS) is 48.3. The van der Waals surface area contributed by atoms with Gasteiger partial charge in [0.2, 0.25) is 0 Å². The smallest absolute Gasteiger partial charge is 0.161 e. The van der Waals surface area contributed by atoms with Crippen LogP contribution in [0.2, 0.25) is 0 Å². The first-order valence-corrected chi connectivity index (χ1v) is 6.86. The molecule has 0 radical (unpaired) electrons. The third-order valence-electron chi connectivity index (χ3n) is 3.73. The number of hydrogen-bond donors (Lipinski definition) is 6. The van der Waals surface area contributed by atoms with Gasteiger partial charge < -0.3 is 44.8 Å². The quantitative estimate of drug-likeness (QED) is 0.313. The van der Waals surface area contributed by atoms with Crippen LogP contribution < -0.4 is 0 Å². The van der Waals surface area contributed by atoms with E-state index in [1.165, 1.54) is 0 Å². The lowest BCUT2D eigenvalue weighted by molar-refractivity contribution is -0.316. The summed E-state index contributed by atoms with van der Waals surface area (Å²) in [5.74, 6) is 0. The average Bonchev–Trinajstić information content (AvgIpc) is 2.45. The molecule has 2 fully saturated rings. The molecule has 8 atom stereocenters. The van der Waals surface area contributed by atoms with Gasteiger partial charge in [-0.05, 0) is 0 Å². The maximum Gasteiger partial charge on any atom is 0.161 e. The van der Waals surface area contributed by atoms with Crippen molar-refractivity contribution in [1.29, 1.82) is 0 Å². The van der Waals surface area contributed by atoms with Crippen LogP contribution >= 0.6 is 0 Å². The standard InChI is InChI=1S/C12H22O9/c13-3-7-11(18)5(15)2-10(20-7)21-12-6(16)1-9(17)19-8(12)4-14/h5-18H,1-4H2/t5-,6-,7-,8-,9?,10-,11-,12+/m1/s1. The summed E-state index contributed by atoms with van der Waals surface area (Å²) in [4.78, 5) is 0. The van der Waals surface area contributed by atoms with Gasteiger partial charge in [0, 0.05) is 12.8 Å². The molecule has 0 aliphatic carbocycles. The van der Waals surface area contributed by atoms with Crippen molar-refractivity contribution in [1.82, 2.24) is 0 Å². The maximum atomic E-state index is 9.92. The molecule has 124 valence electrons. The molecule has 9 nitrogen and oxygen atoms in total. The molecule has 0 aromatic heterocycles. The minimum Gasteiger partial charge on any atom is -0.394 e. The molecule has 0 saturated carbocycles. The Morgan fingerprint density at radius 2 is 1.52 bits per heavy atom. The van der Waals surface area contributed by atoms with Crippen LogP contribution in [-0.2, 0) is 14.2 Å². The number of rotatable bonds is 4. The van der Waals surface area contributed by atoms with Gasteiger partial charge in [-0.15, -0.1) is 0 Å². The van der Waals surface area contributed by atoms with Gasteiger partial charge in [0.25, 0.3) is 0 Å². The van der Waals surface area contributed by atoms with Crippen LogP contribution in [0.1, 0.15) is 12.8 Å². The van der Waals surface area contributed by atoms with Gasteiger partial charge in [0.1, 0.15) is 24.4 Å². The average molecular weight is 310 g/mol. The fourth-order valence-corrected chi connectivity index (χ4v) is 2.58. The van der Waals surface area contributed by atoms with Crippen LogP contribution in [0.3, 0.4) is 0 Å². The largest absolute Gasteiger partial charge is 0.394 e. The predicted molar refractivity (Wildman–Crippen MR) is 65.8 cm³/mol. The van der Waals surface area contributed by atoms with E-state index >= 15 is 0 Å². The summed E-state index contributed by atoms with van der Waals surface area (Å²) in [5, 5.41) is 56.9. The highest BCUT2D eigenvalue weighted by atomic mass is 16.7. The van der Waals surface area contributed by atoms with Crippen molar-refractivity contribution in [3.8, 4) is 0 Å². The molecule has 0 spiro atoms. The van der Waals surface area contributed by atoms with Crippen LogP contribution in [0.25, 0.3) is 0 Å². The summed E-state index contributed by atoms with van der Waals surface area (Å²) in [6.45, 7) is -0.968. The van der Waals surface area contributed by atoms with Crippen molar-refractivity contribution in [2.45, 2.75) is 62.0 Å². The Balaban J connectivity index is 1.99. The van der Waals surface area contributed by atoms with Crippen molar-refractivity contribution in [2.24, 2.45) is 0 Å². The Bertz CT molecular complexity index is 328. The molecule has 9 heteroatoms. The second kappa shape index (κ2) is 7.27. The highest BCUT2D eigenvalue weighted by molar-refractivity contribution is 4.87. The van der Waals surface area contributed by atoms with Gasteiger partial charge in [-0.1, -0.05) is 0 Å². The number of hydrogen-bond acceptors (Lipinski definition) is 9. The van der Waals surface area contributed by atoms with Crippen molar-refractivity contribution in [3.05, 3.63) is 0 Å². The zero-order chi connectivity index (χ0) is 15.6. The van der Waals surface area contributed by atoms with Gasteiger partial charge in [-0.3, -0.25) is 0 Å². The Hall–Kier alpha value is -0.360. The molecular formula is C12H22O9. The Morgan fingerprint density at radius 1 is 0.857 bits per heavy atom. The molecule has 1 unspecified atom stereocenters. The number of aliphatic hydroxyl groups is 6. The molecule has 2 heterocycles. The number of aliphatic hydroxyl groups excluding tert-OH is 6. The van der Waals surface area contributed by atoms with Crippen molar-refractivity contribution in [3.63, 3.8) is 0 Å². The van der Waals surface area contributed by atoms with Gasteiger partial charge in [-0.2, -0.15) is 0 Å². The minimum atomic E-state index is -1.22. The monoisotopic (exact) mass is 310 g/mol. The highest BCUT2D eigenvalue weighted by Gasteiger charge is 2.43. The molecule has 0 amide bonds. The molecule has 21 heavy (non-hydrogen) atoms. The van der Waals surface area contributed by atoms with E-state index in [0.29, 0.717) is 0 Å². The lowest BCUT2D eigenvalue weighted by Crippen LogP contribution is -2.56. The van der Waals surface area contributed by atoms with Gasteiger partial charge >= 0.3 is 0 Å². The third-order valence-corrected chi connectivity index (χ3v) is 3.73. The van der Waals surface area contributed by atoms with Crippen molar-refractivity contribution in [2.75, 3.05) is 13.2 Å². The summed E-state index contributed by atoms with van der Waals surface area (Å²) in [7, 11) is 0. The molecule has 0 aromatic carbocycles. The molecule has 0 aromatic rings. The minimum absolute atomic E-state index is 0.0540. The van der Waals surface area contributed by atoms with Crippen LogP contribution in [0.5, 0.6) is 0 Å². The van der Waals surface area contributed by atoms with E-state index in [2.05, 4.69) is 0 Å². The second-order valence-corrected chi connectivity index (χ2v) is 5.30. The fourth-order valence-electron chi connectivity index (χ4n) is 2.58. The highest BCUT2D eigenvalue weighted by Crippen LogP contribution is 2.27. The lowest BCUT2D eigenvalue weighted by atomic mass is 10.00. The maximum absolute atomic E-state index is 9.92. The van der Waals surface area contributed by atoms with E-state index in [-0.39, 0.29) is 12.8 Å². The van der Waals surface area contributed by atoms with Crippen LogP contribution in [0.4, 0.5) is 0 Å². The number of ether oxygens (including phenoxy) is 3. The summed E-state index contributed by atoms with van der Waals surface area (Å²) < 4.78 is 15.9. The Morgan fingerprint density at radius 3 is 2.14 bits per heavy atom. The second-order valence-electron chi connectivity index (χ2n) is 5.30. The summed E-state index contributed by atoms with van der Waals surface area (Å²) in [5.41, 5.74) is 0. The zero-order valence-corrected chi connectivity index (χ0v) is 11.4. The van der Waals surface area contributed by atoms with Crippen molar-refractivity contribution < 1.29 is 44.8 Å². The first-order chi connectivity index (χ1) is 9.96. The van der Waals surface area contributed by atoms with E-state index < -0.39 is 62.4 Å². The zero-order valence-electron chi connectivity index (χ0n) is 11.4. The summed E-state index contributed by atoms with van der Waals surface area (Å²) in [6, 6.07) is 0. The predicted octanol–water partition coefficient (Wildman–Crippen LogP) is -3.34. The molecular weight excluding hydrogens is 288 g/mol. The van der Waals surface area contributed by atoms with Crippen LogP contribution in [0, 0.1) is 0 Å². The van der Waals surface area contributed by atoms with Crippen LogP contribution in [-0.4, -0.2) is 93.1 Å².